The molecular weight excluding hydrogens is 796 g/mol. The van der Waals surface area contributed by atoms with Crippen LogP contribution in [-0.2, 0) is 25.8 Å². The maximum absolute atomic E-state index is 6.47. The molecule has 9 heteroatoms. The number of hydrogen-bond donors (Lipinski definition) is 0. The summed E-state index contributed by atoms with van der Waals surface area (Å²) >= 11 is 0. The summed E-state index contributed by atoms with van der Waals surface area (Å²) < 4.78 is 28.1. The molecule has 8 nitrogen and oxygen atoms in total. The van der Waals surface area contributed by atoms with Gasteiger partial charge in [0, 0.05) is 23.2 Å². The van der Waals surface area contributed by atoms with E-state index in [9.17, 15) is 0 Å². The quantitative estimate of drug-likeness (QED) is 0.101. The summed E-state index contributed by atoms with van der Waals surface area (Å²) in [4.78, 5) is 4.69. The van der Waals surface area contributed by atoms with E-state index in [1.807, 2.05) is 87.6 Å². The van der Waals surface area contributed by atoms with Crippen molar-refractivity contribution < 1.29 is 40.0 Å². The van der Waals surface area contributed by atoms with Crippen molar-refractivity contribution >= 4 is 21.8 Å². The monoisotopic (exact) mass is 831 g/mol. The summed E-state index contributed by atoms with van der Waals surface area (Å²) in [6, 6.07) is 35.4. The van der Waals surface area contributed by atoms with Gasteiger partial charge in [-0.05, 0) is 68.1 Å². The Kier molecular flexibility index (Phi) is 9.91. The molecule has 0 aliphatic heterocycles. The number of pyridine rings is 1. The number of aromatic nitrogens is 4. The summed E-state index contributed by atoms with van der Waals surface area (Å²) in [7, 11) is 1.60. The first kappa shape index (κ1) is 34.0. The predicted octanol–water partition coefficient (Wildman–Crippen LogP) is 9.12. The third kappa shape index (κ3) is 6.85. The van der Waals surface area contributed by atoms with E-state index < -0.39 is 0 Å². The van der Waals surface area contributed by atoms with E-state index in [1.54, 1.807) is 11.8 Å². The van der Waals surface area contributed by atoms with Crippen LogP contribution in [0.2, 0.25) is 0 Å². The van der Waals surface area contributed by atoms with Gasteiger partial charge < -0.3 is 23.5 Å². The Morgan fingerprint density at radius 1 is 0.796 bits per heavy atom. The van der Waals surface area contributed by atoms with Crippen LogP contribution in [0.4, 0.5) is 0 Å². The molecule has 0 fully saturated rings. The van der Waals surface area contributed by atoms with E-state index >= 15 is 0 Å². The minimum atomic E-state index is -0.00869. The summed E-state index contributed by atoms with van der Waals surface area (Å²) in [5.41, 5.74) is 7.41. The van der Waals surface area contributed by atoms with Crippen LogP contribution in [0.25, 0.3) is 44.4 Å². The van der Waals surface area contributed by atoms with E-state index in [1.165, 1.54) is 0 Å². The number of ether oxygens (including phenoxy) is 4. The summed E-state index contributed by atoms with van der Waals surface area (Å²) in [5, 5.41) is 6.99. The van der Waals surface area contributed by atoms with Crippen molar-refractivity contribution in [1.29, 1.82) is 0 Å². The zero-order chi connectivity index (χ0) is 33.4. The third-order valence-electron chi connectivity index (χ3n) is 8.05. The average molecular weight is 832 g/mol. The van der Waals surface area contributed by atoms with Crippen LogP contribution >= 0.6 is 0 Å². The molecule has 3 aromatic heterocycles. The zero-order valence-electron chi connectivity index (χ0n) is 28.2. The van der Waals surface area contributed by atoms with Gasteiger partial charge in [-0.3, -0.25) is 0 Å². The number of para-hydroxylation sites is 1. The normalized spacial score (nSPS) is 11.2. The fourth-order valence-corrected chi connectivity index (χ4v) is 5.78. The molecule has 0 radical (unpaired) electrons. The Bertz CT molecular complexity index is 2260. The molecule has 49 heavy (non-hydrogen) atoms. The first-order valence-electron chi connectivity index (χ1n) is 15.9. The molecule has 7 rings (SSSR count). The van der Waals surface area contributed by atoms with Gasteiger partial charge in [0.25, 0.3) is 0 Å². The van der Waals surface area contributed by atoms with Gasteiger partial charge in [-0.2, -0.15) is 11.6 Å². The van der Waals surface area contributed by atoms with Gasteiger partial charge in [0.1, 0.15) is 11.4 Å². The molecule has 0 bridgehead atoms. The van der Waals surface area contributed by atoms with Gasteiger partial charge in [-0.25, -0.2) is 9.67 Å². The fraction of sp³-hybridized carbons (Fsp3) is 0.200. The Hall–Kier alpha value is -4.91. The maximum atomic E-state index is 6.47. The van der Waals surface area contributed by atoms with Crippen LogP contribution in [0.3, 0.4) is 0 Å². The predicted molar refractivity (Wildman–Crippen MR) is 188 cm³/mol. The number of methoxy groups -OCH3 is 1. The molecule has 0 unspecified atom stereocenters. The third-order valence-corrected chi connectivity index (χ3v) is 8.05. The Morgan fingerprint density at radius 2 is 1.59 bits per heavy atom. The average Bonchev–Trinajstić information content (AvgIpc) is 3.60. The second-order valence-electron chi connectivity index (χ2n) is 12.1. The second-order valence-corrected chi connectivity index (χ2v) is 12.1. The van der Waals surface area contributed by atoms with Crippen molar-refractivity contribution in [3.8, 4) is 45.9 Å². The van der Waals surface area contributed by atoms with Crippen molar-refractivity contribution in [1.82, 2.24) is 19.3 Å². The molecule has 0 amide bonds. The van der Waals surface area contributed by atoms with Crippen LogP contribution in [0.5, 0.6) is 23.3 Å². The molecule has 0 saturated heterocycles. The van der Waals surface area contributed by atoms with Crippen LogP contribution in [-0.4, -0.2) is 39.3 Å². The van der Waals surface area contributed by atoms with Crippen LogP contribution < -0.4 is 14.2 Å². The first-order valence-corrected chi connectivity index (χ1v) is 15.9. The molecule has 0 aliphatic carbocycles. The molecule has 250 valence electrons. The standard InChI is InChI=1S/C40H36N4O4.Pt/c1-25(2)46-24-47-40-38(29-13-11-26(3)12-14-29)39(45-6)42-44(40)30-19-28(5)20-32(22-30)48-31-15-16-34-33-9-7-8-10-35(33)43(36(34)23-31)37-21-27(4)17-18-41-37;/h7-21,25H,24H2,1-6H3;/q-2;+2. The van der Waals surface area contributed by atoms with Gasteiger partial charge in [0.2, 0.25) is 11.8 Å². The van der Waals surface area contributed by atoms with E-state index in [-0.39, 0.29) is 34.0 Å². The van der Waals surface area contributed by atoms with E-state index in [4.69, 9.17) is 24.0 Å². The van der Waals surface area contributed by atoms with Crippen LogP contribution in [0, 0.1) is 32.9 Å². The molecular formula is C40H36N4O4Pt. The number of fused-ring (bicyclic) bond motifs is 3. The Balaban J connectivity index is 0.00000417. The summed E-state index contributed by atoms with van der Waals surface area (Å²) in [5.74, 6) is 2.78. The van der Waals surface area contributed by atoms with E-state index in [2.05, 4.69) is 59.8 Å². The molecule has 0 saturated carbocycles. The van der Waals surface area contributed by atoms with Gasteiger partial charge in [-0.15, -0.1) is 40.8 Å². The van der Waals surface area contributed by atoms with Gasteiger partial charge >= 0.3 is 21.1 Å². The Morgan fingerprint density at radius 3 is 2.35 bits per heavy atom. The number of nitrogens with zero attached hydrogens (tertiary/aromatic N) is 4. The maximum Gasteiger partial charge on any atom is 2.00 e. The molecule has 0 aliphatic rings. The summed E-state index contributed by atoms with van der Waals surface area (Å²) in [6.07, 6.45) is 1.82. The first-order chi connectivity index (χ1) is 23.3. The molecule has 4 aromatic carbocycles. The number of benzene rings is 4. The van der Waals surface area contributed by atoms with Crippen molar-refractivity contribution in [3.63, 3.8) is 0 Å². The fourth-order valence-electron chi connectivity index (χ4n) is 5.78. The number of aryl methyl sites for hydroxylation is 3. The second kappa shape index (κ2) is 14.3. The number of hydrogen-bond acceptors (Lipinski definition) is 6. The molecule has 0 N–H and O–H groups in total. The SMILES string of the molecule is COc1nn(-c2[c-]c(Oc3[c-]c4c(cc3)c3ccccc3n4-c3cc(C)ccn3)cc(C)c2)c(OCOC(C)C)c1-c1ccc(C)cc1.[Pt+2]. The van der Waals surface area contributed by atoms with E-state index in [0.717, 1.165) is 55.4 Å². The molecule has 3 heterocycles. The van der Waals surface area contributed by atoms with Crippen LogP contribution in [0.15, 0.2) is 91.1 Å². The zero-order valence-corrected chi connectivity index (χ0v) is 30.5. The van der Waals surface area contributed by atoms with Crippen molar-refractivity contribution in [2.45, 2.75) is 40.7 Å². The van der Waals surface area contributed by atoms with Crippen molar-refractivity contribution in [2.24, 2.45) is 0 Å². The minimum Gasteiger partial charge on any atom is -0.509 e. The van der Waals surface area contributed by atoms with E-state index in [0.29, 0.717) is 28.9 Å². The Labute approximate surface area is 300 Å². The van der Waals surface area contributed by atoms with Gasteiger partial charge in [0.15, 0.2) is 6.79 Å². The van der Waals surface area contributed by atoms with Crippen molar-refractivity contribution in [2.75, 3.05) is 13.9 Å². The van der Waals surface area contributed by atoms with Gasteiger partial charge in [-0.1, -0.05) is 60.5 Å². The molecule has 7 aromatic rings. The smallest absolute Gasteiger partial charge is 0.509 e. The summed E-state index contributed by atoms with van der Waals surface area (Å²) in [6.45, 7) is 10.1. The topological polar surface area (TPSA) is 72.6 Å². The number of rotatable bonds is 10. The largest absolute Gasteiger partial charge is 2.00 e. The van der Waals surface area contributed by atoms with Gasteiger partial charge in [0.05, 0.1) is 13.2 Å². The van der Waals surface area contributed by atoms with Crippen LogP contribution in [0.1, 0.15) is 30.5 Å². The minimum absolute atomic E-state index is 0. The van der Waals surface area contributed by atoms with Crippen molar-refractivity contribution in [3.05, 3.63) is 120 Å². The molecule has 0 spiro atoms. The molecule has 0 atom stereocenters.